The number of hydrogen-bond donors (Lipinski definition) is 0. The molecule has 1 aliphatic carbocycles. The molecule has 1 heterocycles. The predicted octanol–water partition coefficient (Wildman–Crippen LogP) is 2.97. The first-order valence-corrected chi connectivity index (χ1v) is 5.89. The van der Waals surface area contributed by atoms with E-state index < -0.39 is 0 Å². The number of fused-ring (bicyclic) bond motifs is 3. The van der Waals surface area contributed by atoms with E-state index in [4.69, 9.17) is 0 Å². The molecule has 1 aliphatic heterocycles. The highest BCUT2D eigenvalue weighted by atomic mass is 32.1. The molecule has 0 aromatic heterocycles. The Kier molecular flexibility index (Phi) is 1.72. The zero-order valence-electron chi connectivity index (χ0n) is 7.62. The zero-order valence-corrected chi connectivity index (χ0v) is 8.44. The first-order valence-electron chi connectivity index (χ1n) is 5.07. The fraction of sp³-hybridized carbons (Fsp3) is 0.417. The van der Waals surface area contributed by atoms with E-state index in [1.807, 2.05) is 11.4 Å². The van der Waals surface area contributed by atoms with Gasteiger partial charge in [0.25, 0.3) is 0 Å². The molecule has 0 nitrogen and oxygen atoms in total. The first kappa shape index (κ1) is 7.69. The van der Waals surface area contributed by atoms with Gasteiger partial charge in [-0.25, -0.2) is 0 Å². The van der Waals surface area contributed by atoms with Crippen LogP contribution in [0.5, 0.6) is 0 Å². The fourth-order valence-electron chi connectivity index (χ4n) is 2.44. The van der Waals surface area contributed by atoms with Gasteiger partial charge in [-0.3, -0.25) is 0 Å². The molecule has 66 valence electrons. The number of rotatable bonds is 0. The molecule has 1 aromatic rings. The highest BCUT2D eigenvalue weighted by molar-refractivity contribution is 7.79. The maximum Gasteiger partial charge on any atom is 0.234 e. The van der Waals surface area contributed by atoms with Gasteiger partial charge < -0.3 is 0 Å². The number of benzene rings is 1. The second-order valence-electron chi connectivity index (χ2n) is 3.90. The molecule has 1 fully saturated rings. The predicted molar refractivity (Wildman–Crippen MR) is 58.3 cm³/mol. The topological polar surface area (TPSA) is 0 Å². The molecular weight excluding hydrogens is 176 g/mol. The van der Waals surface area contributed by atoms with Gasteiger partial charge in [-0.1, -0.05) is 24.6 Å². The average Bonchev–Trinajstić information content (AvgIpc) is 2.56. The van der Waals surface area contributed by atoms with Gasteiger partial charge in [0.2, 0.25) is 16.2 Å². The Morgan fingerprint density at radius 2 is 2.08 bits per heavy atom. The van der Waals surface area contributed by atoms with Gasteiger partial charge in [-0.05, 0) is 12.8 Å². The van der Waals surface area contributed by atoms with Gasteiger partial charge in [0.05, 0.1) is 5.92 Å². The van der Waals surface area contributed by atoms with E-state index in [9.17, 15) is 0 Å². The van der Waals surface area contributed by atoms with Crippen molar-refractivity contribution in [2.45, 2.75) is 36.5 Å². The Balaban J connectivity index is 2.09. The van der Waals surface area contributed by atoms with Crippen molar-refractivity contribution in [3.05, 3.63) is 29.8 Å². The summed E-state index contributed by atoms with van der Waals surface area (Å²) in [5.41, 5.74) is 1.60. The third-order valence-electron chi connectivity index (χ3n) is 3.09. The summed E-state index contributed by atoms with van der Waals surface area (Å²) in [6, 6.07) is 8.91. The molecule has 0 spiro atoms. The van der Waals surface area contributed by atoms with Crippen molar-refractivity contribution < 1.29 is 0 Å². The smallest absolute Gasteiger partial charge is 0.0616 e. The normalized spacial score (nSPS) is 24.9. The zero-order chi connectivity index (χ0) is 8.67. The Morgan fingerprint density at radius 3 is 3.08 bits per heavy atom. The van der Waals surface area contributed by atoms with Crippen molar-refractivity contribution in [1.82, 2.24) is 0 Å². The summed E-state index contributed by atoms with van der Waals surface area (Å²) in [4.78, 5) is 3.25. The summed E-state index contributed by atoms with van der Waals surface area (Å²) in [6.45, 7) is 0. The second-order valence-corrected chi connectivity index (χ2v) is 5.07. The van der Waals surface area contributed by atoms with Gasteiger partial charge >= 0.3 is 0 Å². The Morgan fingerprint density at radius 1 is 1.15 bits per heavy atom. The van der Waals surface area contributed by atoms with E-state index in [1.165, 1.54) is 30.6 Å². The van der Waals surface area contributed by atoms with Crippen LogP contribution < -0.4 is 0 Å². The molecule has 0 radical (unpaired) electrons. The molecule has 2 aliphatic rings. The van der Waals surface area contributed by atoms with Gasteiger partial charge in [0.15, 0.2) is 4.86 Å². The molecule has 0 amide bonds. The van der Waals surface area contributed by atoms with Crippen LogP contribution in [0.2, 0.25) is 0 Å². The van der Waals surface area contributed by atoms with E-state index in [-0.39, 0.29) is 0 Å². The molecular formula is C12H13S+. The lowest BCUT2D eigenvalue weighted by molar-refractivity contribution is 0.620. The van der Waals surface area contributed by atoms with E-state index >= 15 is 0 Å². The Hall–Kier alpha value is -0.690. The third-order valence-corrected chi connectivity index (χ3v) is 4.43. The molecule has 1 heteroatoms. The number of hydrogen-bond acceptors (Lipinski definition) is 0. The molecule has 1 saturated carbocycles. The van der Waals surface area contributed by atoms with E-state index in [1.54, 1.807) is 10.4 Å². The standard InChI is InChI=1S/C12H13S/c1-3-7-11-9(5-1)10-6-2-4-8-12(10)13-11/h1,3,5,7,10H,2,4,6,8H2/q+1. The minimum absolute atomic E-state index is 0.801. The summed E-state index contributed by atoms with van der Waals surface area (Å²) < 4.78 is 0. The lowest BCUT2D eigenvalue weighted by Gasteiger charge is -2.14. The van der Waals surface area contributed by atoms with Gasteiger partial charge in [0, 0.05) is 18.1 Å². The van der Waals surface area contributed by atoms with Crippen molar-refractivity contribution in [3.63, 3.8) is 0 Å². The van der Waals surface area contributed by atoms with E-state index in [2.05, 4.69) is 24.3 Å². The largest absolute Gasteiger partial charge is 0.234 e. The quantitative estimate of drug-likeness (QED) is 0.435. The molecule has 13 heavy (non-hydrogen) atoms. The van der Waals surface area contributed by atoms with Gasteiger partial charge in [-0.15, -0.1) is 0 Å². The summed E-state index contributed by atoms with van der Waals surface area (Å²) in [6.07, 6.45) is 5.57. The lowest BCUT2D eigenvalue weighted by atomic mass is 9.84. The monoisotopic (exact) mass is 189 g/mol. The average molecular weight is 189 g/mol. The minimum atomic E-state index is 0.801. The minimum Gasteiger partial charge on any atom is -0.0616 e. The van der Waals surface area contributed by atoms with Crippen molar-refractivity contribution in [2.75, 3.05) is 0 Å². The summed E-state index contributed by atoms with van der Waals surface area (Å²) in [5.74, 6) is 0.801. The van der Waals surface area contributed by atoms with Gasteiger partial charge in [-0.2, -0.15) is 0 Å². The molecule has 3 rings (SSSR count). The van der Waals surface area contributed by atoms with Crippen LogP contribution in [-0.2, 0) is 11.4 Å². The molecule has 0 N–H and O–H groups in total. The molecule has 1 unspecified atom stereocenters. The Labute approximate surface area is 82.9 Å². The fourth-order valence-corrected chi connectivity index (χ4v) is 3.83. The summed E-state index contributed by atoms with van der Waals surface area (Å²) in [5, 5.41) is 0. The second kappa shape index (κ2) is 2.91. The summed E-state index contributed by atoms with van der Waals surface area (Å²) in [7, 11) is 0. The van der Waals surface area contributed by atoms with Crippen molar-refractivity contribution in [3.8, 4) is 0 Å². The van der Waals surface area contributed by atoms with Crippen LogP contribution in [0.4, 0.5) is 0 Å². The molecule has 0 bridgehead atoms. The van der Waals surface area contributed by atoms with Crippen LogP contribution in [0.15, 0.2) is 29.2 Å². The highest BCUT2D eigenvalue weighted by Crippen LogP contribution is 2.37. The van der Waals surface area contributed by atoms with Crippen molar-refractivity contribution in [1.29, 1.82) is 0 Å². The SMILES string of the molecule is c1ccc2c(c1)[S+]=C1CCCCC12. The van der Waals surface area contributed by atoms with E-state index in [0.29, 0.717) is 0 Å². The van der Waals surface area contributed by atoms with Crippen LogP contribution in [0.25, 0.3) is 0 Å². The van der Waals surface area contributed by atoms with Crippen molar-refractivity contribution in [2.24, 2.45) is 0 Å². The molecule has 1 atom stereocenters. The van der Waals surface area contributed by atoms with Crippen molar-refractivity contribution >= 4 is 16.2 Å². The lowest BCUT2D eigenvalue weighted by Crippen LogP contribution is -2.13. The van der Waals surface area contributed by atoms with E-state index in [0.717, 1.165) is 5.92 Å². The maximum atomic E-state index is 2.31. The van der Waals surface area contributed by atoms with Crippen LogP contribution in [0, 0.1) is 0 Å². The Bertz CT molecular complexity index is 365. The molecule has 1 aromatic carbocycles. The summed E-state index contributed by atoms with van der Waals surface area (Å²) >= 11 is 2.04. The third kappa shape index (κ3) is 1.14. The van der Waals surface area contributed by atoms with Crippen LogP contribution in [-0.4, -0.2) is 4.86 Å². The highest BCUT2D eigenvalue weighted by Gasteiger charge is 2.38. The van der Waals surface area contributed by atoms with Crippen LogP contribution in [0.1, 0.15) is 37.2 Å². The van der Waals surface area contributed by atoms with Crippen LogP contribution in [0.3, 0.4) is 0 Å². The first-order chi connectivity index (χ1) is 6.45. The van der Waals surface area contributed by atoms with Gasteiger partial charge in [0.1, 0.15) is 0 Å². The maximum absolute atomic E-state index is 2.31. The van der Waals surface area contributed by atoms with Crippen LogP contribution >= 0.6 is 0 Å². The molecule has 0 saturated heterocycles.